The number of aryl methyl sites for hydroxylation is 3. The lowest BCUT2D eigenvalue weighted by atomic mass is 9.82. The van der Waals surface area contributed by atoms with E-state index in [4.69, 9.17) is 16.3 Å². The van der Waals surface area contributed by atoms with Gasteiger partial charge in [0, 0.05) is 18.1 Å². The normalized spacial score (nSPS) is 19.0. The van der Waals surface area contributed by atoms with Crippen molar-refractivity contribution in [1.29, 1.82) is 0 Å². The molecule has 0 amide bonds. The number of hydrogen-bond donors (Lipinski definition) is 0. The van der Waals surface area contributed by atoms with Crippen LogP contribution in [0.5, 0.6) is 0 Å². The predicted octanol–water partition coefficient (Wildman–Crippen LogP) is 5.83. The van der Waals surface area contributed by atoms with Gasteiger partial charge in [0.15, 0.2) is 0 Å². The average Bonchev–Trinajstić information content (AvgIpc) is 2.74. The highest BCUT2D eigenvalue weighted by Gasteiger charge is 2.33. The highest BCUT2D eigenvalue weighted by molar-refractivity contribution is 7.89. The summed E-state index contributed by atoms with van der Waals surface area (Å²) < 4.78 is 34.6. The van der Waals surface area contributed by atoms with Crippen molar-refractivity contribution in [3.63, 3.8) is 0 Å². The number of carbonyl (C=O) groups excluding carboxylic acids is 1. The van der Waals surface area contributed by atoms with E-state index in [-0.39, 0.29) is 24.3 Å². The van der Waals surface area contributed by atoms with Crippen molar-refractivity contribution in [2.24, 2.45) is 11.8 Å². The smallest absolute Gasteiger partial charge is 0.308 e. The van der Waals surface area contributed by atoms with Crippen LogP contribution in [0, 0.1) is 32.6 Å². The summed E-state index contributed by atoms with van der Waals surface area (Å²) in [6.07, 6.45) is 3.09. The Morgan fingerprint density at radius 3 is 2.15 bits per heavy atom. The summed E-state index contributed by atoms with van der Waals surface area (Å²) in [5, 5.41) is 0.621. The van der Waals surface area contributed by atoms with Gasteiger partial charge in [-0.05, 0) is 88.1 Å². The summed E-state index contributed by atoms with van der Waals surface area (Å²) in [5.74, 6) is -0.0135. The van der Waals surface area contributed by atoms with Crippen LogP contribution in [0.1, 0.15) is 54.9 Å². The first-order valence-electron chi connectivity index (χ1n) is 11.6. The summed E-state index contributed by atoms with van der Waals surface area (Å²) in [5.41, 5.74) is 3.47. The van der Waals surface area contributed by atoms with Crippen molar-refractivity contribution in [2.45, 2.75) is 64.8 Å². The molecule has 1 fully saturated rings. The average molecular weight is 492 g/mol. The monoisotopic (exact) mass is 491 g/mol. The van der Waals surface area contributed by atoms with Gasteiger partial charge < -0.3 is 4.74 Å². The van der Waals surface area contributed by atoms with E-state index >= 15 is 0 Å². The predicted molar refractivity (Wildman–Crippen MR) is 132 cm³/mol. The number of rotatable bonds is 8. The Labute approximate surface area is 203 Å². The molecular weight excluding hydrogens is 458 g/mol. The van der Waals surface area contributed by atoms with E-state index in [1.165, 1.54) is 0 Å². The molecule has 180 valence electrons. The summed E-state index contributed by atoms with van der Waals surface area (Å²) in [4.78, 5) is 12.5. The van der Waals surface area contributed by atoms with Crippen LogP contribution in [-0.4, -0.2) is 31.8 Å². The first-order valence-corrected chi connectivity index (χ1v) is 13.4. The van der Waals surface area contributed by atoms with Crippen LogP contribution in [0.4, 0.5) is 0 Å². The van der Waals surface area contributed by atoms with E-state index in [1.54, 1.807) is 16.4 Å². The Hall–Kier alpha value is -1.89. The molecule has 0 radical (unpaired) electrons. The quantitative estimate of drug-likeness (QED) is 0.436. The van der Waals surface area contributed by atoms with E-state index in [9.17, 15) is 13.2 Å². The molecular formula is C26H34ClNO4S. The summed E-state index contributed by atoms with van der Waals surface area (Å²) in [6, 6.07) is 11.2. The fourth-order valence-corrected chi connectivity index (χ4v) is 6.91. The number of sulfonamides is 1. The van der Waals surface area contributed by atoms with E-state index in [0.717, 1.165) is 47.9 Å². The van der Waals surface area contributed by atoms with Crippen LogP contribution in [-0.2, 0) is 26.1 Å². The van der Waals surface area contributed by atoms with Crippen LogP contribution < -0.4 is 0 Å². The van der Waals surface area contributed by atoms with Crippen molar-refractivity contribution in [3.05, 3.63) is 63.7 Å². The lowest BCUT2D eigenvalue weighted by Crippen LogP contribution is -2.37. The van der Waals surface area contributed by atoms with Crippen LogP contribution in [0.2, 0.25) is 5.02 Å². The van der Waals surface area contributed by atoms with Gasteiger partial charge >= 0.3 is 5.97 Å². The number of esters is 1. The first-order chi connectivity index (χ1) is 15.6. The van der Waals surface area contributed by atoms with Crippen LogP contribution in [0.25, 0.3) is 0 Å². The molecule has 0 saturated heterocycles. The maximum absolute atomic E-state index is 13.9. The van der Waals surface area contributed by atoms with E-state index in [2.05, 4.69) is 0 Å². The summed E-state index contributed by atoms with van der Waals surface area (Å²) in [6.45, 7) is 8.61. The molecule has 0 unspecified atom stereocenters. The van der Waals surface area contributed by atoms with Gasteiger partial charge in [0.05, 0.1) is 17.4 Å². The fraction of sp³-hybridized carbons (Fsp3) is 0.500. The number of hydrogen-bond acceptors (Lipinski definition) is 4. The fourth-order valence-electron chi connectivity index (χ4n) is 4.87. The maximum Gasteiger partial charge on any atom is 0.308 e. The highest BCUT2D eigenvalue weighted by Crippen LogP contribution is 2.33. The lowest BCUT2D eigenvalue weighted by Gasteiger charge is -2.32. The lowest BCUT2D eigenvalue weighted by molar-refractivity contribution is -0.149. The standard InChI is InChI=1S/C26H34ClNO4S/c1-5-32-26(29)23-10-6-21(7-11-23)16-28(17-22-8-12-24(27)13-9-22)33(30,31)25-19(3)14-18(2)15-20(25)4/h8-9,12-15,21,23H,5-7,10-11,16-17H2,1-4H3. The second-order valence-corrected chi connectivity index (χ2v) is 11.4. The molecule has 1 aliphatic carbocycles. The third kappa shape index (κ3) is 6.37. The van der Waals surface area contributed by atoms with Gasteiger partial charge in [-0.25, -0.2) is 8.42 Å². The number of carbonyl (C=O) groups is 1. The molecule has 33 heavy (non-hydrogen) atoms. The summed E-state index contributed by atoms with van der Waals surface area (Å²) >= 11 is 6.04. The maximum atomic E-state index is 13.9. The topological polar surface area (TPSA) is 63.7 Å². The van der Waals surface area contributed by atoms with Crippen molar-refractivity contribution >= 4 is 27.6 Å². The molecule has 7 heteroatoms. The van der Waals surface area contributed by atoms with Gasteiger partial charge in [-0.1, -0.05) is 41.4 Å². The molecule has 0 spiro atoms. The first kappa shape index (κ1) is 25.7. The van der Waals surface area contributed by atoms with Gasteiger partial charge in [-0.3, -0.25) is 4.79 Å². The molecule has 0 bridgehead atoms. The Kier molecular flexibility index (Phi) is 8.59. The minimum Gasteiger partial charge on any atom is -0.466 e. The zero-order chi connectivity index (χ0) is 24.2. The van der Waals surface area contributed by atoms with Crippen LogP contribution in [0.3, 0.4) is 0 Å². The largest absolute Gasteiger partial charge is 0.466 e. The minimum absolute atomic E-state index is 0.0795. The SMILES string of the molecule is CCOC(=O)C1CCC(CN(Cc2ccc(Cl)cc2)S(=O)(=O)c2c(C)cc(C)cc2C)CC1. The van der Waals surface area contributed by atoms with Crippen molar-refractivity contribution in [1.82, 2.24) is 4.31 Å². The molecule has 0 aliphatic heterocycles. The zero-order valence-electron chi connectivity index (χ0n) is 19.9. The molecule has 1 aliphatic rings. The molecule has 0 N–H and O–H groups in total. The minimum atomic E-state index is -3.72. The second-order valence-electron chi connectivity index (χ2n) is 9.12. The van der Waals surface area contributed by atoms with Gasteiger partial charge in [-0.2, -0.15) is 4.31 Å². The van der Waals surface area contributed by atoms with Crippen LogP contribution in [0.15, 0.2) is 41.3 Å². The molecule has 5 nitrogen and oxygen atoms in total. The molecule has 0 atom stereocenters. The Balaban J connectivity index is 1.86. The zero-order valence-corrected chi connectivity index (χ0v) is 21.5. The molecule has 2 aromatic carbocycles. The summed E-state index contributed by atoms with van der Waals surface area (Å²) in [7, 11) is -3.72. The number of benzene rings is 2. The second kappa shape index (κ2) is 11.0. The van der Waals surface area contributed by atoms with E-state index in [1.807, 2.05) is 52.0 Å². The van der Waals surface area contributed by atoms with Crippen LogP contribution >= 0.6 is 11.6 Å². The third-order valence-corrected chi connectivity index (χ3v) is 8.77. The molecule has 2 aromatic rings. The van der Waals surface area contributed by atoms with Gasteiger partial charge in [0.25, 0.3) is 0 Å². The van der Waals surface area contributed by atoms with E-state index < -0.39 is 10.0 Å². The molecule has 3 rings (SSSR count). The Morgan fingerprint density at radius 2 is 1.61 bits per heavy atom. The number of halogens is 1. The Bertz CT molecular complexity index is 1050. The van der Waals surface area contributed by atoms with Crippen molar-refractivity contribution in [2.75, 3.05) is 13.2 Å². The van der Waals surface area contributed by atoms with Gasteiger partial charge in [0.1, 0.15) is 0 Å². The third-order valence-electron chi connectivity index (χ3n) is 6.40. The Morgan fingerprint density at radius 1 is 1.03 bits per heavy atom. The highest BCUT2D eigenvalue weighted by atomic mass is 35.5. The molecule has 0 aromatic heterocycles. The number of ether oxygens (including phenoxy) is 1. The molecule has 0 heterocycles. The van der Waals surface area contributed by atoms with E-state index in [0.29, 0.717) is 23.1 Å². The van der Waals surface area contributed by atoms with Crippen molar-refractivity contribution in [3.8, 4) is 0 Å². The van der Waals surface area contributed by atoms with Gasteiger partial charge in [-0.15, -0.1) is 0 Å². The van der Waals surface area contributed by atoms with Crippen molar-refractivity contribution < 1.29 is 17.9 Å². The van der Waals surface area contributed by atoms with Gasteiger partial charge in [0.2, 0.25) is 10.0 Å². The number of nitrogens with zero attached hydrogens (tertiary/aromatic N) is 1. The molecule has 1 saturated carbocycles.